The summed E-state index contributed by atoms with van der Waals surface area (Å²) in [6.45, 7) is 5.86. The van der Waals surface area contributed by atoms with Gasteiger partial charge in [0.2, 0.25) is 11.1 Å². The van der Waals surface area contributed by atoms with E-state index in [1.807, 2.05) is 45.0 Å². The van der Waals surface area contributed by atoms with Crippen LogP contribution in [0.5, 0.6) is 0 Å². The lowest BCUT2D eigenvalue weighted by Crippen LogP contribution is -2.22. The summed E-state index contributed by atoms with van der Waals surface area (Å²) in [6.07, 6.45) is 0.803. The van der Waals surface area contributed by atoms with Crippen molar-refractivity contribution < 1.29 is 4.79 Å². The Morgan fingerprint density at radius 2 is 2.10 bits per heavy atom. The van der Waals surface area contributed by atoms with E-state index in [9.17, 15) is 4.79 Å². The lowest BCUT2D eigenvalue weighted by Gasteiger charge is -2.10. The molecule has 0 bridgehead atoms. The van der Waals surface area contributed by atoms with E-state index >= 15 is 0 Å². The first-order chi connectivity index (χ1) is 9.58. The molecule has 1 atom stereocenters. The summed E-state index contributed by atoms with van der Waals surface area (Å²) in [5.74, 6) is 0.778. The third-order valence-electron chi connectivity index (χ3n) is 2.82. The first-order valence-corrected chi connectivity index (χ1v) is 7.42. The molecule has 0 spiro atoms. The molecule has 20 heavy (non-hydrogen) atoms. The lowest BCUT2D eigenvalue weighted by atomic mass is 10.2. The first kappa shape index (κ1) is 14.6. The van der Waals surface area contributed by atoms with Crippen LogP contribution in [0.2, 0.25) is 0 Å². The Balaban J connectivity index is 1.93. The third-order valence-corrected chi connectivity index (χ3v) is 3.78. The summed E-state index contributed by atoms with van der Waals surface area (Å²) in [5, 5.41) is 10.2. The number of hydrogen-bond donors (Lipinski definition) is 2. The number of rotatable bonds is 5. The lowest BCUT2D eigenvalue weighted by molar-refractivity contribution is -0.115. The Labute approximate surface area is 122 Å². The maximum atomic E-state index is 12.1. The molecule has 2 rings (SSSR count). The van der Waals surface area contributed by atoms with Crippen LogP contribution < -0.4 is 5.32 Å². The molecule has 0 aliphatic heterocycles. The van der Waals surface area contributed by atoms with Crippen molar-refractivity contribution in [1.29, 1.82) is 0 Å². The van der Waals surface area contributed by atoms with Crippen molar-refractivity contribution in [2.24, 2.45) is 0 Å². The number of anilines is 1. The van der Waals surface area contributed by atoms with Gasteiger partial charge in [-0.2, -0.15) is 0 Å². The Hall–Kier alpha value is -1.82. The minimum Gasteiger partial charge on any atom is -0.325 e. The summed E-state index contributed by atoms with van der Waals surface area (Å²) in [6, 6.07) is 7.73. The van der Waals surface area contributed by atoms with Crippen molar-refractivity contribution in [2.45, 2.75) is 37.6 Å². The SMILES string of the molecule is CCc1nc(S[C@@H](C)C(=O)Nc2ccc(C)cc2)n[nH]1. The molecule has 106 valence electrons. The molecule has 1 heterocycles. The van der Waals surface area contributed by atoms with Crippen molar-refractivity contribution in [3.63, 3.8) is 0 Å². The van der Waals surface area contributed by atoms with Crippen LogP contribution in [0, 0.1) is 6.92 Å². The monoisotopic (exact) mass is 290 g/mol. The quantitative estimate of drug-likeness (QED) is 0.831. The summed E-state index contributed by atoms with van der Waals surface area (Å²) < 4.78 is 0. The highest BCUT2D eigenvalue weighted by molar-refractivity contribution is 8.00. The molecule has 0 unspecified atom stereocenters. The van der Waals surface area contributed by atoms with Gasteiger partial charge in [-0.05, 0) is 26.0 Å². The fraction of sp³-hybridized carbons (Fsp3) is 0.357. The van der Waals surface area contributed by atoms with E-state index in [-0.39, 0.29) is 11.2 Å². The molecule has 1 aromatic heterocycles. The fourth-order valence-electron chi connectivity index (χ4n) is 1.58. The van der Waals surface area contributed by atoms with E-state index in [4.69, 9.17) is 0 Å². The van der Waals surface area contributed by atoms with E-state index in [1.165, 1.54) is 17.3 Å². The van der Waals surface area contributed by atoms with Crippen molar-refractivity contribution >= 4 is 23.4 Å². The minimum absolute atomic E-state index is 0.0540. The molecule has 5 nitrogen and oxygen atoms in total. The van der Waals surface area contributed by atoms with Gasteiger partial charge < -0.3 is 5.32 Å². The molecule has 0 saturated carbocycles. The zero-order valence-electron chi connectivity index (χ0n) is 11.8. The van der Waals surface area contributed by atoms with Crippen LogP contribution in [0.25, 0.3) is 0 Å². The number of carbonyl (C=O) groups is 1. The molecular weight excluding hydrogens is 272 g/mol. The number of H-pyrrole nitrogens is 1. The van der Waals surface area contributed by atoms with Crippen molar-refractivity contribution in [3.8, 4) is 0 Å². The summed E-state index contributed by atoms with van der Waals surface area (Å²) >= 11 is 1.34. The molecule has 1 amide bonds. The standard InChI is InChI=1S/C14H18N4OS/c1-4-12-16-14(18-17-12)20-10(3)13(19)15-11-7-5-9(2)6-8-11/h5-8,10H,4H2,1-3H3,(H,15,19)(H,16,17,18)/t10-/m0/s1. The second kappa shape index (κ2) is 6.56. The van der Waals surface area contributed by atoms with Gasteiger partial charge in [0.15, 0.2) is 0 Å². The van der Waals surface area contributed by atoms with Gasteiger partial charge in [0.1, 0.15) is 5.82 Å². The van der Waals surface area contributed by atoms with Gasteiger partial charge in [-0.1, -0.05) is 36.4 Å². The molecular formula is C14H18N4OS. The maximum absolute atomic E-state index is 12.1. The normalized spacial score (nSPS) is 12.2. The zero-order chi connectivity index (χ0) is 14.5. The van der Waals surface area contributed by atoms with Gasteiger partial charge in [-0.25, -0.2) is 4.98 Å². The number of nitrogens with one attached hydrogen (secondary N) is 2. The van der Waals surface area contributed by atoms with E-state index in [2.05, 4.69) is 20.5 Å². The molecule has 0 saturated heterocycles. The van der Waals surface area contributed by atoms with Crippen LogP contribution in [-0.4, -0.2) is 26.3 Å². The largest absolute Gasteiger partial charge is 0.325 e. The molecule has 6 heteroatoms. The van der Waals surface area contributed by atoms with Crippen LogP contribution >= 0.6 is 11.8 Å². The number of amides is 1. The van der Waals surface area contributed by atoms with Crippen LogP contribution in [0.3, 0.4) is 0 Å². The third kappa shape index (κ3) is 3.84. The van der Waals surface area contributed by atoms with Crippen LogP contribution in [-0.2, 0) is 11.2 Å². The number of hydrogen-bond acceptors (Lipinski definition) is 4. The number of carbonyl (C=O) groups excluding carboxylic acids is 1. The molecule has 2 N–H and O–H groups in total. The van der Waals surface area contributed by atoms with E-state index < -0.39 is 0 Å². The predicted molar refractivity (Wildman–Crippen MR) is 80.9 cm³/mol. The van der Waals surface area contributed by atoms with Crippen molar-refractivity contribution in [1.82, 2.24) is 15.2 Å². The highest BCUT2D eigenvalue weighted by atomic mass is 32.2. The van der Waals surface area contributed by atoms with Gasteiger partial charge >= 0.3 is 0 Å². The molecule has 0 radical (unpaired) electrons. The van der Waals surface area contributed by atoms with Gasteiger partial charge in [0.05, 0.1) is 5.25 Å². The van der Waals surface area contributed by atoms with E-state index in [0.717, 1.165) is 17.9 Å². The van der Waals surface area contributed by atoms with E-state index in [0.29, 0.717) is 5.16 Å². The van der Waals surface area contributed by atoms with Gasteiger partial charge in [-0.15, -0.1) is 5.10 Å². The van der Waals surface area contributed by atoms with E-state index in [1.54, 1.807) is 0 Å². The summed E-state index contributed by atoms with van der Waals surface area (Å²) in [7, 11) is 0. The first-order valence-electron chi connectivity index (χ1n) is 6.54. The van der Waals surface area contributed by atoms with Crippen LogP contribution in [0.15, 0.2) is 29.4 Å². The highest BCUT2D eigenvalue weighted by Gasteiger charge is 2.17. The fourth-order valence-corrected chi connectivity index (χ4v) is 2.32. The Bertz CT molecular complexity index is 579. The number of benzene rings is 1. The summed E-state index contributed by atoms with van der Waals surface area (Å²) in [5.41, 5.74) is 1.97. The minimum atomic E-state index is -0.253. The Kier molecular flexibility index (Phi) is 4.79. The molecule has 0 aliphatic rings. The Morgan fingerprint density at radius 1 is 1.40 bits per heavy atom. The average Bonchev–Trinajstić information content (AvgIpc) is 2.89. The number of nitrogens with zero attached hydrogens (tertiary/aromatic N) is 2. The highest BCUT2D eigenvalue weighted by Crippen LogP contribution is 2.20. The van der Waals surface area contributed by atoms with Crippen molar-refractivity contribution in [2.75, 3.05) is 5.32 Å². The molecule has 2 aromatic rings. The zero-order valence-corrected chi connectivity index (χ0v) is 12.6. The van der Waals surface area contributed by atoms with Gasteiger partial charge in [0, 0.05) is 12.1 Å². The van der Waals surface area contributed by atoms with Gasteiger partial charge in [-0.3, -0.25) is 9.89 Å². The number of aromatic nitrogens is 3. The molecule has 0 fully saturated rings. The number of aryl methyl sites for hydroxylation is 2. The maximum Gasteiger partial charge on any atom is 0.237 e. The second-order valence-corrected chi connectivity index (χ2v) is 5.84. The van der Waals surface area contributed by atoms with Crippen LogP contribution in [0.1, 0.15) is 25.2 Å². The number of thioether (sulfide) groups is 1. The van der Waals surface area contributed by atoms with Crippen LogP contribution in [0.4, 0.5) is 5.69 Å². The Morgan fingerprint density at radius 3 is 2.70 bits per heavy atom. The smallest absolute Gasteiger partial charge is 0.237 e. The second-order valence-electron chi connectivity index (χ2n) is 4.53. The molecule has 0 aliphatic carbocycles. The van der Waals surface area contributed by atoms with Gasteiger partial charge in [0.25, 0.3) is 0 Å². The summed E-state index contributed by atoms with van der Waals surface area (Å²) in [4.78, 5) is 16.4. The topological polar surface area (TPSA) is 70.7 Å². The predicted octanol–water partition coefficient (Wildman–Crippen LogP) is 2.79. The number of aromatic amines is 1. The average molecular weight is 290 g/mol. The van der Waals surface area contributed by atoms with Crippen molar-refractivity contribution in [3.05, 3.63) is 35.7 Å². The molecule has 1 aromatic carbocycles.